The Morgan fingerprint density at radius 2 is 2.10 bits per heavy atom. The number of pyridine rings is 1. The van der Waals surface area contributed by atoms with Crippen LogP contribution in [-0.2, 0) is 13.0 Å². The van der Waals surface area contributed by atoms with Crippen LogP contribution in [0.1, 0.15) is 12.1 Å². The van der Waals surface area contributed by atoms with Gasteiger partial charge in [-0.1, -0.05) is 15.9 Å². The molecule has 1 aliphatic heterocycles. The number of fused-ring (bicyclic) bond motifs is 1. The summed E-state index contributed by atoms with van der Waals surface area (Å²) in [4.78, 5) is 12.0. The summed E-state index contributed by atoms with van der Waals surface area (Å²) in [6, 6.07) is 6.11. The van der Waals surface area contributed by atoms with Crippen molar-refractivity contribution in [2.45, 2.75) is 19.4 Å². The second kappa shape index (κ2) is 4.94. The van der Waals surface area contributed by atoms with E-state index in [1.54, 1.807) is 16.7 Å². The smallest absolute Gasteiger partial charge is 0.252 e. The molecule has 0 saturated heterocycles. The Hall–Kier alpha value is -1.82. The number of hydrogen-bond donors (Lipinski definition) is 2. The van der Waals surface area contributed by atoms with Crippen LogP contribution >= 0.6 is 15.9 Å². The number of nitrogens with two attached hydrogens (primary N) is 1. The summed E-state index contributed by atoms with van der Waals surface area (Å²) < 4.78 is 16.2. The minimum absolute atomic E-state index is 0.105. The molecule has 3 rings (SSSR count). The maximum Gasteiger partial charge on any atom is 0.252 e. The third-order valence-corrected chi connectivity index (χ3v) is 3.95. The van der Waals surface area contributed by atoms with Crippen LogP contribution in [0.5, 0.6) is 0 Å². The van der Waals surface area contributed by atoms with Crippen molar-refractivity contribution in [3.63, 3.8) is 0 Å². The Balaban J connectivity index is 2.03. The highest BCUT2D eigenvalue weighted by Gasteiger charge is 2.18. The minimum Gasteiger partial charge on any atom is -0.396 e. The van der Waals surface area contributed by atoms with E-state index in [0.717, 1.165) is 18.5 Å². The summed E-state index contributed by atoms with van der Waals surface area (Å²) in [6.45, 7) is 0.700. The number of benzene rings is 1. The van der Waals surface area contributed by atoms with E-state index in [1.165, 1.54) is 12.1 Å². The molecule has 0 atom stereocenters. The van der Waals surface area contributed by atoms with Gasteiger partial charge in [0.25, 0.3) is 5.56 Å². The van der Waals surface area contributed by atoms with Crippen molar-refractivity contribution >= 4 is 33.0 Å². The Morgan fingerprint density at radius 3 is 2.85 bits per heavy atom. The van der Waals surface area contributed by atoms with Crippen molar-refractivity contribution in [2.75, 3.05) is 11.1 Å². The molecular formula is C14H13BrFN3O. The first-order chi connectivity index (χ1) is 9.56. The molecule has 1 aromatic carbocycles. The van der Waals surface area contributed by atoms with Gasteiger partial charge in [-0.05, 0) is 31.0 Å². The summed E-state index contributed by atoms with van der Waals surface area (Å²) in [7, 11) is 0. The lowest BCUT2D eigenvalue weighted by Crippen LogP contribution is -2.20. The SMILES string of the molecule is Nc1c(Nc2ccc(Br)cc2F)cc(=O)n2c1CCC2. The van der Waals surface area contributed by atoms with E-state index in [2.05, 4.69) is 21.2 Å². The zero-order valence-electron chi connectivity index (χ0n) is 10.6. The zero-order valence-corrected chi connectivity index (χ0v) is 12.2. The van der Waals surface area contributed by atoms with E-state index in [1.807, 2.05) is 0 Å². The fourth-order valence-electron chi connectivity index (χ4n) is 2.47. The summed E-state index contributed by atoms with van der Waals surface area (Å²) in [5.74, 6) is -0.403. The Labute approximate surface area is 123 Å². The highest BCUT2D eigenvalue weighted by Crippen LogP contribution is 2.30. The van der Waals surface area contributed by atoms with E-state index in [4.69, 9.17) is 5.73 Å². The lowest BCUT2D eigenvalue weighted by molar-refractivity contribution is 0.631. The van der Waals surface area contributed by atoms with Crippen LogP contribution in [-0.4, -0.2) is 4.57 Å². The van der Waals surface area contributed by atoms with Gasteiger partial charge in [0.2, 0.25) is 0 Å². The quantitative estimate of drug-likeness (QED) is 0.885. The predicted molar refractivity (Wildman–Crippen MR) is 80.8 cm³/mol. The van der Waals surface area contributed by atoms with Gasteiger partial charge in [0.15, 0.2) is 0 Å². The fourth-order valence-corrected chi connectivity index (χ4v) is 2.80. The summed E-state index contributed by atoms with van der Waals surface area (Å²) in [5.41, 5.74) is 8.08. The average molecular weight is 338 g/mol. The van der Waals surface area contributed by atoms with Crippen molar-refractivity contribution in [1.29, 1.82) is 0 Å². The van der Waals surface area contributed by atoms with Crippen LogP contribution < -0.4 is 16.6 Å². The molecule has 1 aliphatic rings. The second-order valence-electron chi connectivity index (χ2n) is 4.76. The van der Waals surface area contributed by atoms with E-state index in [9.17, 15) is 9.18 Å². The number of nitrogen functional groups attached to an aromatic ring is 1. The normalized spacial score (nSPS) is 13.3. The number of halogens is 2. The van der Waals surface area contributed by atoms with Gasteiger partial charge < -0.3 is 15.6 Å². The number of rotatable bonds is 2. The molecule has 0 fully saturated rings. The molecule has 0 bridgehead atoms. The molecular weight excluding hydrogens is 325 g/mol. The molecule has 0 spiro atoms. The molecule has 20 heavy (non-hydrogen) atoms. The van der Waals surface area contributed by atoms with Gasteiger partial charge in [-0.2, -0.15) is 0 Å². The predicted octanol–water partition coefficient (Wildman–Crippen LogP) is 3.02. The largest absolute Gasteiger partial charge is 0.396 e. The van der Waals surface area contributed by atoms with Gasteiger partial charge in [-0.3, -0.25) is 4.79 Å². The van der Waals surface area contributed by atoms with Gasteiger partial charge >= 0.3 is 0 Å². The Kier molecular flexibility index (Phi) is 3.25. The van der Waals surface area contributed by atoms with Crippen molar-refractivity contribution in [3.8, 4) is 0 Å². The average Bonchev–Trinajstić information content (AvgIpc) is 2.88. The first-order valence-electron chi connectivity index (χ1n) is 6.30. The standard InChI is InChI=1S/C14H13BrFN3O/c15-8-3-4-10(9(16)6-8)18-11-7-13(20)19-5-1-2-12(19)14(11)17/h3-4,6-7,18H,1-2,5,17H2. The molecule has 0 aliphatic carbocycles. The molecule has 4 nitrogen and oxygen atoms in total. The van der Waals surface area contributed by atoms with E-state index < -0.39 is 5.82 Å². The van der Waals surface area contributed by atoms with Crippen LogP contribution in [0.15, 0.2) is 33.5 Å². The van der Waals surface area contributed by atoms with Crippen molar-refractivity contribution < 1.29 is 4.39 Å². The number of anilines is 3. The summed E-state index contributed by atoms with van der Waals surface area (Å²) >= 11 is 3.20. The third-order valence-electron chi connectivity index (χ3n) is 3.46. The van der Waals surface area contributed by atoms with Crippen LogP contribution in [0, 0.1) is 5.82 Å². The molecule has 1 aromatic heterocycles. The van der Waals surface area contributed by atoms with Crippen LogP contribution in [0.4, 0.5) is 21.5 Å². The topological polar surface area (TPSA) is 60.0 Å². The molecule has 0 saturated carbocycles. The van der Waals surface area contributed by atoms with Crippen LogP contribution in [0.3, 0.4) is 0 Å². The third kappa shape index (κ3) is 2.20. The first kappa shape index (κ1) is 13.2. The molecule has 2 aromatic rings. The van der Waals surface area contributed by atoms with E-state index >= 15 is 0 Å². The maximum absolute atomic E-state index is 13.8. The number of nitrogens with one attached hydrogen (secondary N) is 1. The summed E-state index contributed by atoms with van der Waals surface area (Å²) in [6.07, 6.45) is 1.69. The van der Waals surface area contributed by atoms with E-state index in [0.29, 0.717) is 28.1 Å². The first-order valence-corrected chi connectivity index (χ1v) is 7.10. The Morgan fingerprint density at radius 1 is 1.30 bits per heavy atom. The molecule has 0 radical (unpaired) electrons. The highest BCUT2D eigenvalue weighted by molar-refractivity contribution is 9.10. The molecule has 2 heterocycles. The van der Waals surface area contributed by atoms with Gasteiger partial charge in [-0.15, -0.1) is 0 Å². The van der Waals surface area contributed by atoms with E-state index in [-0.39, 0.29) is 5.56 Å². The van der Waals surface area contributed by atoms with Gasteiger partial charge in [0.1, 0.15) is 5.82 Å². The molecule has 104 valence electrons. The highest BCUT2D eigenvalue weighted by atomic mass is 79.9. The zero-order chi connectivity index (χ0) is 14.3. The molecule has 0 unspecified atom stereocenters. The fraction of sp³-hybridized carbons (Fsp3) is 0.214. The lowest BCUT2D eigenvalue weighted by atomic mass is 10.2. The second-order valence-corrected chi connectivity index (χ2v) is 5.68. The molecule has 6 heteroatoms. The van der Waals surface area contributed by atoms with Gasteiger partial charge in [-0.25, -0.2) is 4.39 Å². The minimum atomic E-state index is -0.403. The van der Waals surface area contributed by atoms with Crippen LogP contribution in [0.2, 0.25) is 0 Å². The van der Waals surface area contributed by atoms with Crippen molar-refractivity contribution in [2.24, 2.45) is 0 Å². The number of nitrogens with zero attached hydrogens (tertiary/aromatic N) is 1. The van der Waals surface area contributed by atoms with Crippen molar-refractivity contribution in [3.05, 3.63) is 50.6 Å². The maximum atomic E-state index is 13.8. The monoisotopic (exact) mass is 337 g/mol. The van der Waals surface area contributed by atoms with Gasteiger partial charge in [0.05, 0.1) is 17.1 Å². The summed E-state index contributed by atoms with van der Waals surface area (Å²) in [5, 5.41) is 2.90. The van der Waals surface area contributed by atoms with Crippen molar-refractivity contribution in [1.82, 2.24) is 4.57 Å². The van der Waals surface area contributed by atoms with Gasteiger partial charge in [0, 0.05) is 22.8 Å². The van der Waals surface area contributed by atoms with Crippen LogP contribution in [0.25, 0.3) is 0 Å². The Bertz CT molecular complexity index is 742. The number of aromatic nitrogens is 1. The number of hydrogen-bond acceptors (Lipinski definition) is 3. The molecule has 0 amide bonds. The lowest BCUT2D eigenvalue weighted by Gasteiger charge is -2.14. The molecule has 3 N–H and O–H groups in total.